The molecule has 2 aromatic rings. The summed E-state index contributed by atoms with van der Waals surface area (Å²) in [6.45, 7) is 3.27. The molecule has 6 nitrogen and oxygen atoms in total. The topological polar surface area (TPSA) is 53.1 Å². The lowest BCUT2D eigenvalue weighted by atomic mass is 10.0. The Morgan fingerprint density at radius 2 is 1.69 bits per heavy atom. The number of carbonyl (C=O) groups excluding carboxylic acids is 2. The van der Waals surface area contributed by atoms with Gasteiger partial charge in [-0.05, 0) is 49.1 Å². The molecule has 2 aromatic carbocycles. The highest BCUT2D eigenvalue weighted by atomic mass is 16.5. The molecule has 4 aliphatic rings. The zero-order chi connectivity index (χ0) is 21.7. The first-order valence-electron chi connectivity index (χ1n) is 11.8. The number of benzene rings is 2. The number of likely N-dealkylation sites (tertiary alicyclic amines) is 1. The molecule has 0 N–H and O–H groups in total. The average molecular weight is 432 g/mol. The maximum atomic E-state index is 13.4. The Morgan fingerprint density at radius 3 is 2.44 bits per heavy atom. The van der Waals surface area contributed by atoms with Gasteiger partial charge < -0.3 is 19.4 Å². The van der Waals surface area contributed by atoms with Gasteiger partial charge in [0, 0.05) is 37.3 Å². The second-order valence-corrected chi connectivity index (χ2v) is 9.41. The van der Waals surface area contributed by atoms with Crippen molar-refractivity contribution < 1.29 is 14.3 Å². The van der Waals surface area contributed by atoms with Gasteiger partial charge in [-0.15, -0.1) is 0 Å². The molecule has 6 heteroatoms. The van der Waals surface area contributed by atoms with Crippen LogP contribution < -0.4 is 4.90 Å². The number of piperidine rings is 1. The van der Waals surface area contributed by atoms with Crippen molar-refractivity contribution in [3.05, 3.63) is 65.7 Å². The van der Waals surface area contributed by atoms with Crippen LogP contribution in [-0.4, -0.2) is 59.6 Å². The van der Waals surface area contributed by atoms with E-state index < -0.39 is 5.72 Å². The quantitative estimate of drug-likeness (QED) is 0.745. The molecule has 6 rings (SSSR count). The summed E-state index contributed by atoms with van der Waals surface area (Å²) in [6, 6.07) is 17.8. The van der Waals surface area contributed by atoms with Gasteiger partial charge in [0.2, 0.25) is 5.91 Å². The fourth-order valence-electron chi connectivity index (χ4n) is 6.14. The molecular weight excluding hydrogens is 402 g/mol. The Hall–Kier alpha value is -2.86. The Bertz CT molecular complexity index is 1020. The van der Waals surface area contributed by atoms with Crippen LogP contribution in [0.5, 0.6) is 0 Å². The molecule has 4 saturated heterocycles. The van der Waals surface area contributed by atoms with E-state index in [0.29, 0.717) is 31.6 Å². The maximum Gasteiger partial charge on any atom is 0.254 e. The van der Waals surface area contributed by atoms with Gasteiger partial charge in [-0.2, -0.15) is 0 Å². The van der Waals surface area contributed by atoms with E-state index in [1.165, 1.54) is 24.9 Å². The number of anilines is 1. The zero-order valence-electron chi connectivity index (χ0n) is 18.3. The summed E-state index contributed by atoms with van der Waals surface area (Å²) < 4.78 is 6.35. The lowest BCUT2D eigenvalue weighted by Gasteiger charge is -2.33. The Kier molecular flexibility index (Phi) is 4.72. The third kappa shape index (κ3) is 2.96. The van der Waals surface area contributed by atoms with Crippen molar-refractivity contribution in [3.8, 4) is 0 Å². The van der Waals surface area contributed by atoms with Gasteiger partial charge in [0.1, 0.15) is 0 Å². The molecule has 32 heavy (non-hydrogen) atoms. The Labute approximate surface area is 188 Å². The summed E-state index contributed by atoms with van der Waals surface area (Å²) in [5, 5.41) is 0. The summed E-state index contributed by atoms with van der Waals surface area (Å²) in [6.07, 6.45) is 4.76. The number of hydrogen-bond donors (Lipinski definition) is 0. The van der Waals surface area contributed by atoms with Crippen molar-refractivity contribution in [1.29, 1.82) is 0 Å². The number of rotatable bonds is 3. The molecule has 1 spiro atoms. The first-order chi connectivity index (χ1) is 15.7. The molecule has 0 aromatic heterocycles. The van der Waals surface area contributed by atoms with Crippen LogP contribution in [0, 0.1) is 0 Å². The van der Waals surface area contributed by atoms with Crippen LogP contribution in [0.3, 0.4) is 0 Å². The van der Waals surface area contributed by atoms with Crippen molar-refractivity contribution in [1.82, 2.24) is 9.80 Å². The fourth-order valence-corrected chi connectivity index (χ4v) is 6.14. The summed E-state index contributed by atoms with van der Waals surface area (Å²) in [7, 11) is 0. The first kappa shape index (κ1) is 19.8. The van der Waals surface area contributed by atoms with Gasteiger partial charge in [0.25, 0.3) is 5.91 Å². The molecule has 0 radical (unpaired) electrons. The van der Waals surface area contributed by atoms with E-state index >= 15 is 0 Å². The van der Waals surface area contributed by atoms with Crippen LogP contribution in [0.2, 0.25) is 0 Å². The van der Waals surface area contributed by atoms with Crippen molar-refractivity contribution >= 4 is 17.5 Å². The first-order valence-corrected chi connectivity index (χ1v) is 11.8. The number of ether oxygens (including phenoxy) is 1. The van der Waals surface area contributed by atoms with Crippen LogP contribution in [0.25, 0.3) is 0 Å². The monoisotopic (exact) mass is 431 g/mol. The van der Waals surface area contributed by atoms with Crippen LogP contribution >= 0.6 is 0 Å². The predicted molar refractivity (Wildman–Crippen MR) is 121 cm³/mol. The molecule has 2 amide bonds. The van der Waals surface area contributed by atoms with Crippen molar-refractivity contribution in [2.45, 2.75) is 49.9 Å². The third-order valence-electron chi connectivity index (χ3n) is 7.74. The van der Waals surface area contributed by atoms with E-state index in [1.807, 2.05) is 40.1 Å². The summed E-state index contributed by atoms with van der Waals surface area (Å²) >= 11 is 0. The van der Waals surface area contributed by atoms with Crippen LogP contribution in [0.15, 0.2) is 54.6 Å². The highest BCUT2D eigenvalue weighted by Gasteiger charge is 2.65. The largest absolute Gasteiger partial charge is 0.372 e. The lowest BCUT2D eigenvalue weighted by Crippen LogP contribution is -2.49. The summed E-state index contributed by atoms with van der Waals surface area (Å²) in [5.74, 6) is 0.0813. The SMILES string of the molecule is O=C(c1ccc(N2CCCCC2)cc1)N1CC[C@@]23OC[C@@H](c4ccccc4)N2C(=O)C[C@@H]13. The molecule has 0 saturated carbocycles. The van der Waals surface area contributed by atoms with Crippen molar-refractivity contribution in [3.63, 3.8) is 0 Å². The molecule has 0 bridgehead atoms. The number of amides is 2. The van der Waals surface area contributed by atoms with E-state index in [1.54, 1.807) is 0 Å². The van der Waals surface area contributed by atoms with Gasteiger partial charge in [-0.3, -0.25) is 9.59 Å². The normalized spacial score (nSPS) is 29.4. The van der Waals surface area contributed by atoms with Gasteiger partial charge in [-0.25, -0.2) is 0 Å². The highest BCUT2D eigenvalue weighted by Crippen LogP contribution is 2.51. The van der Waals surface area contributed by atoms with Gasteiger partial charge in [-0.1, -0.05) is 30.3 Å². The Balaban J connectivity index is 1.22. The maximum absolute atomic E-state index is 13.4. The van der Waals surface area contributed by atoms with Crippen LogP contribution in [-0.2, 0) is 9.53 Å². The molecule has 166 valence electrons. The van der Waals surface area contributed by atoms with E-state index in [-0.39, 0.29) is 23.9 Å². The van der Waals surface area contributed by atoms with Crippen LogP contribution in [0.1, 0.15) is 54.1 Å². The molecule has 4 fully saturated rings. The van der Waals surface area contributed by atoms with Crippen molar-refractivity contribution in [2.24, 2.45) is 0 Å². The van der Waals surface area contributed by atoms with Gasteiger partial charge >= 0.3 is 0 Å². The number of hydrogen-bond acceptors (Lipinski definition) is 4. The van der Waals surface area contributed by atoms with E-state index in [2.05, 4.69) is 29.2 Å². The minimum Gasteiger partial charge on any atom is -0.372 e. The molecular formula is C26H29N3O3. The standard InChI is InChI=1S/C26H29N3O3/c30-24-17-23-26(29(24)22(18-32-26)19-7-3-1-4-8-19)13-16-28(23)25(31)20-9-11-21(12-10-20)27-14-5-2-6-15-27/h1,3-4,7-12,22-23H,2,5-6,13-18H2/t22-,23+,26-/m0/s1. The Morgan fingerprint density at radius 1 is 0.938 bits per heavy atom. The van der Waals surface area contributed by atoms with E-state index in [9.17, 15) is 9.59 Å². The molecule has 3 atom stereocenters. The summed E-state index contributed by atoms with van der Waals surface area (Å²) in [4.78, 5) is 32.7. The number of carbonyl (C=O) groups is 2. The second kappa shape index (κ2) is 7.62. The second-order valence-electron chi connectivity index (χ2n) is 9.41. The van der Waals surface area contributed by atoms with E-state index in [4.69, 9.17) is 4.74 Å². The predicted octanol–water partition coefficient (Wildman–Crippen LogP) is 3.59. The summed E-state index contributed by atoms with van der Waals surface area (Å²) in [5.41, 5.74) is 2.29. The average Bonchev–Trinajstić information content (AvgIpc) is 3.48. The molecule has 4 aliphatic heterocycles. The fraction of sp³-hybridized carbons (Fsp3) is 0.462. The minimum atomic E-state index is -0.680. The smallest absolute Gasteiger partial charge is 0.254 e. The highest BCUT2D eigenvalue weighted by molar-refractivity contribution is 5.96. The lowest BCUT2D eigenvalue weighted by molar-refractivity contribution is -0.138. The molecule has 4 heterocycles. The van der Waals surface area contributed by atoms with Gasteiger partial charge in [0.15, 0.2) is 5.72 Å². The van der Waals surface area contributed by atoms with E-state index in [0.717, 1.165) is 18.7 Å². The van der Waals surface area contributed by atoms with Crippen LogP contribution in [0.4, 0.5) is 5.69 Å². The third-order valence-corrected chi connectivity index (χ3v) is 7.74. The molecule has 0 unspecified atom stereocenters. The number of nitrogens with zero attached hydrogens (tertiary/aromatic N) is 3. The van der Waals surface area contributed by atoms with Crippen molar-refractivity contribution in [2.75, 3.05) is 31.1 Å². The zero-order valence-corrected chi connectivity index (χ0v) is 18.3. The minimum absolute atomic E-state index is 0.00141. The van der Waals surface area contributed by atoms with Gasteiger partial charge in [0.05, 0.1) is 25.1 Å². The molecule has 0 aliphatic carbocycles.